The van der Waals surface area contributed by atoms with Crippen molar-refractivity contribution >= 4 is 22.2 Å². The van der Waals surface area contributed by atoms with Gasteiger partial charge >= 0.3 is 0 Å². The standard InChI is InChI=1S/C17H17FN2OS/c1-17(21,15-5-3-9-22-15)11-19-10-12-6-7-14(18)13-4-2-8-20-16(12)13/h2-9,19,21H,10-11H2,1H3. The number of aliphatic hydroxyl groups is 1. The summed E-state index contributed by atoms with van der Waals surface area (Å²) in [6.45, 7) is 2.72. The Labute approximate surface area is 132 Å². The first kappa shape index (κ1) is 15.1. The normalized spacial score (nSPS) is 14.1. The fraction of sp³-hybridized carbons (Fsp3) is 0.235. The second-order valence-corrected chi connectivity index (χ2v) is 6.41. The molecule has 1 aromatic carbocycles. The van der Waals surface area contributed by atoms with Gasteiger partial charge in [-0.25, -0.2) is 4.39 Å². The molecule has 0 aliphatic carbocycles. The van der Waals surface area contributed by atoms with Crippen molar-refractivity contribution in [3.8, 4) is 0 Å². The predicted octanol–water partition coefficient (Wildman–Crippen LogP) is 3.43. The van der Waals surface area contributed by atoms with Crippen molar-refractivity contribution in [1.82, 2.24) is 10.3 Å². The molecule has 0 fully saturated rings. The van der Waals surface area contributed by atoms with Crippen LogP contribution in [0.5, 0.6) is 0 Å². The van der Waals surface area contributed by atoms with E-state index in [2.05, 4.69) is 10.3 Å². The second-order valence-electron chi connectivity index (χ2n) is 5.46. The number of rotatable bonds is 5. The van der Waals surface area contributed by atoms with Gasteiger partial charge < -0.3 is 10.4 Å². The molecule has 3 nitrogen and oxygen atoms in total. The third-order valence-corrected chi connectivity index (χ3v) is 4.76. The molecule has 1 unspecified atom stereocenters. The molecule has 0 bridgehead atoms. The lowest BCUT2D eigenvalue weighted by atomic mass is 10.0. The average Bonchev–Trinajstić information content (AvgIpc) is 3.05. The van der Waals surface area contributed by atoms with Crippen LogP contribution in [0.25, 0.3) is 10.9 Å². The van der Waals surface area contributed by atoms with Gasteiger partial charge in [0.25, 0.3) is 0 Å². The van der Waals surface area contributed by atoms with E-state index in [4.69, 9.17) is 0 Å². The van der Waals surface area contributed by atoms with Crippen molar-refractivity contribution in [2.24, 2.45) is 0 Å². The Morgan fingerprint density at radius 1 is 1.27 bits per heavy atom. The first-order valence-corrected chi connectivity index (χ1v) is 7.95. The van der Waals surface area contributed by atoms with Crippen LogP contribution >= 0.6 is 11.3 Å². The maximum absolute atomic E-state index is 13.8. The van der Waals surface area contributed by atoms with E-state index in [9.17, 15) is 9.50 Å². The summed E-state index contributed by atoms with van der Waals surface area (Å²) in [5.41, 5.74) is 0.655. The highest BCUT2D eigenvalue weighted by Gasteiger charge is 2.23. The molecule has 0 saturated carbocycles. The van der Waals surface area contributed by atoms with E-state index >= 15 is 0 Å². The lowest BCUT2D eigenvalue weighted by Crippen LogP contribution is -2.34. The molecule has 3 aromatic rings. The van der Waals surface area contributed by atoms with Crippen LogP contribution in [0.4, 0.5) is 4.39 Å². The number of nitrogens with one attached hydrogen (secondary N) is 1. The maximum Gasteiger partial charge on any atom is 0.132 e. The average molecular weight is 316 g/mol. The maximum atomic E-state index is 13.8. The topological polar surface area (TPSA) is 45.1 Å². The minimum Gasteiger partial charge on any atom is -0.383 e. The smallest absolute Gasteiger partial charge is 0.132 e. The van der Waals surface area contributed by atoms with Gasteiger partial charge in [0.15, 0.2) is 0 Å². The Kier molecular flexibility index (Phi) is 4.20. The largest absolute Gasteiger partial charge is 0.383 e. The van der Waals surface area contributed by atoms with Crippen molar-refractivity contribution in [3.05, 3.63) is 64.2 Å². The summed E-state index contributed by atoms with van der Waals surface area (Å²) in [4.78, 5) is 5.19. The molecule has 0 aliphatic rings. The number of halogens is 1. The summed E-state index contributed by atoms with van der Waals surface area (Å²) >= 11 is 1.53. The molecule has 0 saturated heterocycles. The van der Waals surface area contributed by atoms with Crippen LogP contribution in [0.15, 0.2) is 48.0 Å². The molecule has 0 aliphatic heterocycles. The SMILES string of the molecule is CC(O)(CNCc1ccc(F)c2cccnc12)c1cccs1. The van der Waals surface area contributed by atoms with Gasteiger partial charge in [-0.3, -0.25) is 4.98 Å². The van der Waals surface area contributed by atoms with E-state index in [0.29, 0.717) is 24.0 Å². The van der Waals surface area contributed by atoms with Crippen LogP contribution in [0.1, 0.15) is 17.4 Å². The van der Waals surface area contributed by atoms with Gasteiger partial charge in [0.05, 0.1) is 5.52 Å². The van der Waals surface area contributed by atoms with Crippen molar-refractivity contribution < 1.29 is 9.50 Å². The molecule has 0 amide bonds. The first-order valence-electron chi connectivity index (χ1n) is 7.07. The lowest BCUT2D eigenvalue weighted by Gasteiger charge is -2.22. The van der Waals surface area contributed by atoms with Crippen LogP contribution in [-0.4, -0.2) is 16.6 Å². The molecule has 114 valence electrons. The molecular formula is C17H17FN2OS. The summed E-state index contributed by atoms with van der Waals surface area (Å²) in [6.07, 6.45) is 1.66. The van der Waals surface area contributed by atoms with Crippen molar-refractivity contribution in [2.75, 3.05) is 6.54 Å². The van der Waals surface area contributed by atoms with Gasteiger partial charge in [-0.1, -0.05) is 12.1 Å². The summed E-state index contributed by atoms with van der Waals surface area (Å²) in [5.74, 6) is -0.266. The first-order chi connectivity index (χ1) is 10.6. The van der Waals surface area contributed by atoms with E-state index in [0.717, 1.165) is 10.4 Å². The van der Waals surface area contributed by atoms with Gasteiger partial charge in [-0.05, 0) is 42.1 Å². The van der Waals surface area contributed by atoms with Crippen LogP contribution in [0.2, 0.25) is 0 Å². The highest BCUT2D eigenvalue weighted by molar-refractivity contribution is 7.10. The fourth-order valence-corrected chi connectivity index (χ4v) is 3.24. The Morgan fingerprint density at radius 3 is 2.91 bits per heavy atom. The van der Waals surface area contributed by atoms with Crippen molar-refractivity contribution in [1.29, 1.82) is 0 Å². The summed E-state index contributed by atoms with van der Waals surface area (Å²) in [5, 5.41) is 16.2. The molecule has 2 N–H and O–H groups in total. The van der Waals surface area contributed by atoms with Crippen molar-refractivity contribution in [2.45, 2.75) is 19.1 Å². The van der Waals surface area contributed by atoms with E-state index in [-0.39, 0.29) is 5.82 Å². The number of aromatic nitrogens is 1. The third kappa shape index (κ3) is 3.02. The number of benzene rings is 1. The van der Waals surface area contributed by atoms with Gasteiger partial charge in [0.1, 0.15) is 11.4 Å². The highest BCUT2D eigenvalue weighted by Crippen LogP contribution is 2.25. The molecule has 2 heterocycles. The Bertz CT molecular complexity index is 771. The zero-order valence-corrected chi connectivity index (χ0v) is 13.0. The summed E-state index contributed by atoms with van der Waals surface area (Å²) in [6, 6.07) is 10.5. The Morgan fingerprint density at radius 2 is 2.14 bits per heavy atom. The van der Waals surface area contributed by atoms with Crippen LogP contribution in [-0.2, 0) is 12.1 Å². The quantitative estimate of drug-likeness (QED) is 0.758. The molecule has 1 atom stereocenters. The van der Waals surface area contributed by atoms with Gasteiger partial charge in [0, 0.05) is 29.5 Å². The molecule has 2 aromatic heterocycles. The highest BCUT2D eigenvalue weighted by atomic mass is 32.1. The molecule has 5 heteroatoms. The number of hydrogen-bond acceptors (Lipinski definition) is 4. The van der Waals surface area contributed by atoms with E-state index < -0.39 is 5.60 Å². The molecule has 0 radical (unpaired) electrons. The number of pyridine rings is 1. The number of nitrogens with zero attached hydrogens (tertiary/aromatic N) is 1. The van der Waals surface area contributed by atoms with Crippen molar-refractivity contribution in [3.63, 3.8) is 0 Å². The Hall–Kier alpha value is -1.82. The molecule has 0 spiro atoms. The molecule has 3 rings (SSSR count). The fourth-order valence-electron chi connectivity index (χ4n) is 2.45. The Balaban J connectivity index is 1.74. The lowest BCUT2D eigenvalue weighted by molar-refractivity contribution is 0.0605. The molecule has 22 heavy (non-hydrogen) atoms. The number of fused-ring (bicyclic) bond motifs is 1. The van der Waals surface area contributed by atoms with E-state index in [1.165, 1.54) is 17.4 Å². The zero-order chi connectivity index (χ0) is 15.6. The third-order valence-electron chi connectivity index (χ3n) is 3.64. The van der Waals surface area contributed by atoms with Crippen LogP contribution in [0, 0.1) is 5.82 Å². The van der Waals surface area contributed by atoms with E-state index in [1.54, 1.807) is 31.3 Å². The summed E-state index contributed by atoms with van der Waals surface area (Å²) < 4.78 is 13.8. The monoisotopic (exact) mass is 316 g/mol. The van der Waals surface area contributed by atoms with E-state index in [1.807, 2.05) is 17.5 Å². The van der Waals surface area contributed by atoms with Gasteiger partial charge in [0.2, 0.25) is 0 Å². The van der Waals surface area contributed by atoms with Crippen LogP contribution in [0.3, 0.4) is 0 Å². The number of thiophene rings is 1. The molecular weight excluding hydrogens is 299 g/mol. The number of hydrogen-bond donors (Lipinski definition) is 2. The van der Waals surface area contributed by atoms with Gasteiger partial charge in [-0.2, -0.15) is 0 Å². The minimum absolute atomic E-state index is 0.266. The van der Waals surface area contributed by atoms with Gasteiger partial charge in [-0.15, -0.1) is 11.3 Å². The second kappa shape index (κ2) is 6.12. The zero-order valence-electron chi connectivity index (χ0n) is 12.2. The minimum atomic E-state index is -0.919. The predicted molar refractivity (Wildman–Crippen MR) is 87.3 cm³/mol. The van der Waals surface area contributed by atoms with Crippen LogP contribution < -0.4 is 5.32 Å². The summed E-state index contributed by atoms with van der Waals surface area (Å²) in [7, 11) is 0.